The maximum Gasteiger partial charge on any atom is 0.127 e. The number of hydrogen-bond donors (Lipinski definition) is 1. The van der Waals surface area contributed by atoms with Crippen LogP contribution in [0, 0.1) is 0 Å². The molecule has 1 aliphatic rings. The average Bonchev–Trinajstić information content (AvgIpc) is 2.99. The largest absolute Gasteiger partial charge is 0.493 e. The van der Waals surface area contributed by atoms with Crippen molar-refractivity contribution < 1.29 is 9.15 Å². The lowest BCUT2D eigenvalue weighted by atomic mass is 10.00. The number of fused-ring (bicyclic) bond motifs is 1. The number of ether oxygens (including phenoxy) is 1. The first-order chi connectivity index (χ1) is 8.79. The number of rotatable bonds is 3. The number of halogens is 1. The Balaban J connectivity index is 2.10. The Morgan fingerprint density at radius 3 is 3.00 bits per heavy atom. The van der Waals surface area contributed by atoms with E-state index in [-0.39, 0.29) is 6.04 Å². The van der Waals surface area contributed by atoms with Gasteiger partial charge in [0.15, 0.2) is 0 Å². The van der Waals surface area contributed by atoms with Crippen molar-refractivity contribution in [3.05, 3.63) is 52.4 Å². The second-order valence-corrected chi connectivity index (χ2v) is 4.76. The van der Waals surface area contributed by atoms with Crippen molar-refractivity contribution in [1.82, 2.24) is 5.32 Å². The summed E-state index contributed by atoms with van der Waals surface area (Å²) in [6, 6.07) is 7.71. The molecular formula is C14H14ClNO2. The molecule has 0 radical (unpaired) electrons. The zero-order chi connectivity index (χ0) is 12.5. The van der Waals surface area contributed by atoms with Crippen molar-refractivity contribution >= 4 is 11.6 Å². The normalized spacial score (nSPS) is 15.2. The number of hydrogen-bond acceptors (Lipinski definition) is 3. The number of furan rings is 1. The van der Waals surface area contributed by atoms with Gasteiger partial charge in [0.25, 0.3) is 0 Å². The van der Waals surface area contributed by atoms with E-state index in [2.05, 4.69) is 5.32 Å². The molecule has 3 nitrogen and oxygen atoms in total. The molecule has 0 bridgehead atoms. The van der Waals surface area contributed by atoms with Crippen molar-refractivity contribution in [2.75, 3.05) is 13.7 Å². The van der Waals surface area contributed by atoms with Crippen LogP contribution in [0.1, 0.15) is 22.9 Å². The number of nitrogens with one attached hydrogen (secondary N) is 1. The first kappa shape index (κ1) is 11.6. The van der Waals surface area contributed by atoms with Gasteiger partial charge in [0.2, 0.25) is 0 Å². The molecule has 94 valence electrons. The molecule has 1 aliphatic heterocycles. The van der Waals surface area contributed by atoms with Crippen LogP contribution in [0.3, 0.4) is 0 Å². The van der Waals surface area contributed by atoms with E-state index in [1.54, 1.807) is 6.26 Å². The molecule has 2 aromatic rings. The molecule has 1 unspecified atom stereocenters. The predicted molar refractivity (Wildman–Crippen MR) is 70.3 cm³/mol. The minimum atomic E-state index is -0.0365. The van der Waals surface area contributed by atoms with Gasteiger partial charge in [-0.1, -0.05) is 11.6 Å². The lowest BCUT2D eigenvalue weighted by Crippen LogP contribution is -2.17. The van der Waals surface area contributed by atoms with Gasteiger partial charge >= 0.3 is 0 Å². The quantitative estimate of drug-likeness (QED) is 0.924. The lowest BCUT2D eigenvalue weighted by Gasteiger charge is -2.17. The molecule has 0 saturated heterocycles. The van der Waals surface area contributed by atoms with Crippen LogP contribution in [-0.4, -0.2) is 13.7 Å². The maximum absolute atomic E-state index is 6.18. The molecule has 2 heterocycles. The Bertz CT molecular complexity index is 551. The third-order valence-corrected chi connectivity index (χ3v) is 3.42. The second-order valence-electron chi connectivity index (χ2n) is 4.32. The van der Waals surface area contributed by atoms with E-state index in [0.29, 0.717) is 0 Å². The minimum absolute atomic E-state index is 0.0365. The van der Waals surface area contributed by atoms with Gasteiger partial charge in [-0.2, -0.15) is 0 Å². The van der Waals surface area contributed by atoms with E-state index in [0.717, 1.165) is 35.1 Å². The van der Waals surface area contributed by atoms with Gasteiger partial charge in [0, 0.05) is 17.0 Å². The van der Waals surface area contributed by atoms with E-state index in [1.807, 2.05) is 31.3 Å². The molecule has 0 aliphatic carbocycles. The van der Waals surface area contributed by atoms with Crippen LogP contribution < -0.4 is 10.1 Å². The molecule has 3 rings (SSSR count). The summed E-state index contributed by atoms with van der Waals surface area (Å²) in [5, 5.41) is 3.98. The molecular weight excluding hydrogens is 250 g/mol. The van der Waals surface area contributed by atoms with E-state index >= 15 is 0 Å². The van der Waals surface area contributed by atoms with E-state index < -0.39 is 0 Å². The molecule has 1 atom stereocenters. The highest BCUT2D eigenvalue weighted by Gasteiger charge is 2.25. The molecule has 18 heavy (non-hydrogen) atoms. The Morgan fingerprint density at radius 1 is 1.39 bits per heavy atom. The zero-order valence-corrected chi connectivity index (χ0v) is 10.8. The van der Waals surface area contributed by atoms with Gasteiger partial charge < -0.3 is 14.5 Å². The van der Waals surface area contributed by atoms with Crippen LogP contribution in [0.25, 0.3) is 0 Å². The molecule has 4 heteroatoms. The highest BCUT2D eigenvalue weighted by Crippen LogP contribution is 2.38. The van der Waals surface area contributed by atoms with Gasteiger partial charge in [0.05, 0.1) is 18.9 Å². The smallest absolute Gasteiger partial charge is 0.127 e. The Kier molecular flexibility index (Phi) is 3.02. The predicted octanol–water partition coefficient (Wildman–Crippen LogP) is 3.18. The van der Waals surface area contributed by atoms with E-state index in [9.17, 15) is 0 Å². The van der Waals surface area contributed by atoms with Crippen LogP contribution in [0.4, 0.5) is 0 Å². The Morgan fingerprint density at radius 2 is 2.28 bits per heavy atom. The average molecular weight is 264 g/mol. The van der Waals surface area contributed by atoms with Crippen LogP contribution in [0.2, 0.25) is 5.02 Å². The topological polar surface area (TPSA) is 34.4 Å². The van der Waals surface area contributed by atoms with E-state index in [4.69, 9.17) is 20.8 Å². The first-order valence-corrected chi connectivity index (χ1v) is 6.33. The van der Waals surface area contributed by atoms with Crippen LogP contribution in [-0.2, 0) is 6.42 Å². The van der Waals surface area contributed by atoms with Crippen molar-refractivity contribution in [3.8, 4) is 5.75 Å². The summed E-state index contributed by atoms with van der Waals surface area (Å²) in [5.41, 5.74) is 2.21. The molecule has 1 aromatic carbocycles. The molecule has 1 N–H and O–H groups in total. The van der Waals surface area contributed by atoms with Crippen LogP contribution in [0.15, 0.2) is 34.9 Å². The summed E-state index contributed by atoms with van der Waals surface area (Å²) >= 11 is 6.18. The summed E-state index contributed by atoms with van der Waals surface area (Å²) in [7, 11) is 1.90. The molecule has 0 saturated carbocycles. The lowest BCUT2D eigenvalue weighted by molar-refractivity contribution is 0.348. The monoisotopic (exact) mass is 263 g/mol. The fourth-order valence-corrected chi connectivity index (χ4v) is 2.67. The Labute approximate surface area is 111 Å². The maximum atomic E-state index is 6.18. The van der Waals surface area contributed by atoms with Crippen LogP contribution in [0.5, 0.6) is 5.75 Å². The standard InChI is InChI=1S/C14H14ClNO2/c1-16-13(12-3-2-5-17-12)11-8-10(15)7-9-4-6-18-14(9)11/h2-3,5,7-8,13,16H,4,6H2,1H3. The molecule has 0 amide bonds. The summed E-state index contributed by atoms with van der Waals surface area (Å²) in [6.45, 7) is 0.720. The van der Waals surface area contributed by atoms with Gasteiger partial charge in [-0.3, -0.25) is 0 Å². The summed E-state index contributed by atoms with van der Waals surface area (Å²) < 4.78 is 11.2. The molecule has 0 spiro atoms. The fourth-order valence-electron chi connectivity index (χ4n) is 2.42. The molecule has 0 fully saturated rings. The van der Waals surface area contributed by atoms with Crippen molar-refractivity contribution in [2.24, 2.45) is 0 Å². The summed E-state index contributed by atoms with van der Waals surface area (Å²) in [6.07, 6.45) is 2.59. The van der Waals surface area contributed by atoms with Gasteiger partial charge in [0.1, 0.15) is 11.5 Å². The van der Waals surface area contributed by atoms with Gasteiger partial charge in [-0.15, -0.1) is 0 Å². The second kappa shape index (κ2) is 4.67. The third kappa shape index (κ3) is 1.89. The van der Waals surface area contributed by atoms with E-state index in [1.165, 1.54) is 5.56 Å². The third-order valence-electron chi connectivity index (χ3n) is 3.20. The summed E-state index contributed by atoms with van der Waals surface area (Å²) in [5.74, 6) is 1.80. The Hall–Kier alpha value is -1.45. The molecule has 1 aromatic heterocycles. The fraction of sp³-hybridized carbons (Fsp3) is 0.286. The van der Waals surface area contributed by atoms with Crippen molar-refractivity contribution in [1.29, 1.82) is 0 Å². The van der Waals surface area contributed by atoms with Gasteiger partial charge in [-0.05, 0) is 36.9 Å². The van der Waals surface area contributed by atoms with Crippen LogP contribution >= 0.6 is 11.6 Å². The first-order valence-electron chi connectivity index (χ1n) is 5.95. The highest BCUT2D eigenvalue weighted by atomic mass is 35.5. The number of benzene rings is 1. The van der Waals surface area contributed by atoms with Crippen molar-refractivity contribution in [2.45, 2.75) is 12.5 Å². The summed E-state index contributed by atoms with van der Waals surface area (Å²) in [4.78, 5) is 0. The van der Waals surface area contributed by atoms with Gasteiger partial charge in [-0.25, -0.2) is 0 Å². The highest BCUT2D eigenvalue weighted by molar-refractivity contribution is 6.30. The SMILES string of the molecule is CNC(c1ccco1)c1cc(Cl)cc2c1OCC2. The zero-order valence-electron chi connectivity index (χ0n) is 10.1. The minimum Gasteiger partial charge on any atom is -0.493 e. The van der Waals surface area contributed by atoms with Crippen molar-refractivity contribution in [3.63, 3.8) is 0 Å².